The van der Waals surface area contributed by atoms with Gasteiger partial charge in [0.05, 0.1) is 0 Å². The minimum absolute atomic E-state index is 0.837. The van der Waals surface area contributed by atoms with Gasteiger partial charge in [0.1, 0.15) is 5.51 Å². The van der Waals surface area contributed by atoms with Crippen LogP contribution in [0, 0.1) is 0 Å². The number of hydrogen-bond donors (Lipinski definition) is 2. The molecule has 0 saturated heterocycles. The molecule has 0 atom stereocenters. The third kappa shape index (κ3) is 1.86. The molecule has 5 heteroatoms. The summed E-state index contributed by atoms with van der Waals surface area (Å²) >= 11 is 1.51. The average molecular weight is 232 g/mol. The van der Waals surface area contributed by atoms with Crippen molar-refractivity contribution in [2.75, 3.05) is 17.2 Å². The predicted molar refractivity (Wildman–Crippen MR) is 66.4 cm³/mol. The van der Waals surface area contributed by atoms with Crippen LogP contribution >= 0.6 is 11.3 Å². The molecule has 82 valence electrons. The Morgan fingerprint density at radius 2 is 2.38 bits per heavy atom. The van der Waals surface area contributed by atoms with Crippen molar-refractivity contribution >= 4 is 27.8 Å². The largest absolute Gasteiger partial charge is 0.385 e. The zero-order valence-corrected chi connectivity index (χ0v) is 9.55. The maximum absolute atomic E-state index is 3.97. The van der Waals surface area contributed by atoms with Gasteiger partial charge >= 0.3 is 0 Å². The summed E-state index contributed by atoms with van der Waals surface area (Å²) in [5.74, 6) is 0. The predicted octanol–water partition coefficient (Wildman–Crippen LogP) is 2.64. The van der Waals surface area contributed by atoms with Gasteiger partial charge in [-0.25, -0.2) is 0 Å². The van der Waals surface area contributed by atoms with Crippen molar-refractivity contribution in [3.05, 3.63) is 29.3 Å². The molecule has 2 N–H and O–H groups in total. The Morgan fingerprint density at radius 1 is 1.38 bits per heavy atom. The minimum atomic E-state index is 0.837. The molecule has 0 fully saturated rings. The van der Waals surface area contributed by atoms with E-state index >= 15 is 0 Å². The van der Waals surface area contributed by atoms with E-state index in [1.54, 1.807) is 5.51 Å². The van der Waals surface area contributed by atoms with Gasteiger partial charge in [-0.05, 0) is 36.6 Å². The van der Waals surface area contributed by atoms with Crippen LogP contribution in [-0.2, 0) is 6.42 Å². The third-order valence-corrected chi connectivity index (χ3v) is 3.26. The fraction of sp³-hybridized carbons (Fsp3) is 0.273. The zero-order chi connectivity index (χ0) is 10.8. The summed E-state index contributed by atoms with van der Waals surface area (Å²) in [5, 5.41) is 15.2. The molecule has 1 aliphatic rings. The molecule has 2 heterocycles. The van der Waals surface area contributed by atoms with Crippen LogP contribution in [-0.4, -0.2) is 16.7 Å². The Labute approximate surface area is 97.7 Å². The van der Waals surface area contributed by atoms with Gasteiger partial charge in [-0.2, -0.15) is 0 Å². The van der Waals surface area contributed by atoms with Crippen LogP contribution in [0.2, 0.25) is 0 Å². The normalized spacial score (nSPS) is 14.0. The van der Waals surface area contributed by atoms with Crippen molar-refractivity contribution in [1.29, 1.82) is 0 Å². The number of aromatic nitrogens is 2. The minimum Gasteiger partial charge on any atom is -0.385 e. The van der Waals surface area contributed by atoms with E-state index in [-0.39, 0.29) is 0 Å². The standard InChI is InChI=1S/C11H12N4S/c1-2-8-6-9(3-4-10(8)12-5-1)14-11-15-13-7-16-11/h3-4,6-7,12H,1-2,5H2,(H,14,15). The van der Waals surface area contributed by atoms with Gasteiger partial charge in [0.2, 0.25) is 5.13 Å². The van der Waals surface area contributed by atoms with Crippen molar-refractivity contribution in [3.63, 3.8) is 0 Å². The first-order valence-electron chi connectivity index (χ1n) is 5.32. The fourth-order valence-electron chi connectivity index (χ4n) is 1.90. The van der Waals surface area contributed by atoms with E-state index in [0.717, 1.165) is 23.8 Å². The van der Waals surface area contributed by atoms with E-state index in [9.17, 15) is 0 Å². The van der Waals surface area contributed by atoms with Crippen molar-refractivity contribution in [1.82, 2.24) is 10.2 Å². The molecule has 3 rings (SSSR count). The number of nitrogens with zero attached hydrogens (tertiary/aromatic N) is 2. The molecule has 0 amide bonds. The molecule has 1 aliphatic heterocycles. The molecule has 0 spiro atoms. The van der Waals surface area contributed by atoms with Gasteiger partial charge in [-0.1, -0.05) is 11.3 Å². The van der Waals surface area contributed by atoms with Crippen LogP contribution in [0.3, 0.4) is 0 Å². The number of fused-ring (bicyclic) bond motifs is 1. The van der Waals surface area contributed by atoms with Crippen molar-refractivity contribution in [2.24, 2.45) is 0 Å². The third-order valence-electron chi connectivity index (χ3n) is 2.65. The second kappa shape index (κ2) is 4.09. The topological polar surface area (TPSA) is 49.8 Å². The summed E-state index contributed by atoms with van der Waals surface area (Å²) in [6.07, 6.45) is 2.35. The fourth-order valence-corrected chi connectivity index (χ4v) is 2.37. The summed E-state index contributed by atoms with van der Waals surface area (Å²) in [6.45, 7) is 1.08. The number of hydrogen-bond acceptors (Lipinski definition) is 5. The lowest BCUT2D eigenvalue weighted by Gasteiger charge is -2.18. The average Bonchev–Trinajstić information content (AvgIpc) is 2.82. The lowest BCUT2D eigenvalue weighted by atomic mass is 10.0. The first kappa shape index (κ1) is 9.59. The van der Waals surface area contributed by atoms with Crippen LogP contribution in [0.1, 0.15) is 12.0 Å². The molecule has 4 nitrogen and oxygen atoms in total. The highest BCUT2D eigenvalue weighted by molar-refractivity contribution is 7.13. The molecule has 1 aromatic heterocycles. The van der Waals surface area contributed by atoms with Crippen molar-refractivity contribution < 1.29 is 0 Å². The second-order valence-corrected chi connectivity index (χ2v) is 4.60. The van der Waals surface area contributed by atoms with E-state index in [1.165, 1.54) is 29.0 Å². The Hall–Kier alpha value is -1.62. The zero-order valence-electron chi connectivity index (χ0n) is 8.73. The molecule has 0 unspecified atom stereocenters. The quantitative estimate of drug-likeness (QED) is 0.835. The molecule has 2 aromatic rings. The van der Waals surface area contributed by atoms with E-state index < -0.39 is 0 Å². The van der Waals surface area contributed by atoms with Crippen LogP contribution in [0.25, 0.3) is 0 Å². The highest BCUT2D eigenvalue weighted by Crippen LogP contribution is 2.27. The summed E-state index contributed by atoms with van der Waals surface area (Å²) in [5.41, 5.74) is 5.44. The Kier molecular flexibility index (Phi) is 2.46. The number of rotatable bonds is 2. The number of benzene rings is 1. The second-order valence-electron chi connectivity index (χ2n) is 3.77. The first-order chi connectivity index (χ1) is 7.92. The Balaban J connectivity index is 1.86. The molecule has 16 heavy (non-hydrogen) atoms. The van der Waals surface area contributed by atoms with E-state index in [4.69, 9.17) is 0 Å². The molecule has 0 bridgehead atoms. The highest BCUT2D eigenvalue weighted by Gasteiger charge is 2.08. The van der Waals surface area contributed by atoms with Crippen molar-refractivity contribution in [2.45, 2.75) is 12.8 Å². The molecule has 0 saturated carbocycles. The number of nitrogens with one attached hydrogen (secondary N) is 2. The lowest BCUT2D eigenvalue weighted by molar-refractivity contribution is 0.830. The summed E-state index contributed by atoms with van der Waals surface area (Å²) in [4.78, 5) is 0. The molecule has 0 radical (unpaired) electrons. The molecular formula is C11H12N4S. The number of anilines is 3. The summed E-state index contributed by atoms with van der Waals surface area (Å²) in [7, 11) is 0. The maximum atomic E-state index is 3.97. The van der Waals surface area contributed by atoms with E-state index in [1.807, 2.05) is 0 Å². The van der Waals surface area contributed by atoms with Crippen LogP contribution in [0.15, 0.2) is 23.7 Å². The van der Waals surface area contributed by atoms with Gasteiger partial charge < -0.3 is 10.6 Å². The van der Waals surface area contributed by atoms with E-state index in [2.05, 4.69) is 39.0 Å². The van der Waals surface area contributed by atoms with E-state index in [0.29, 0.717) is 0 Å². The maximum Gasteiger partial charge on any atom is 0.209 e. The van der Waals surface area contributed by atoms with Crippen molar-refractivity contribution in [3.8, 4) is 0 Å². The monoisotopic (exact) mass is 232 g/mol. The van der Waals surface area contributed by atoms with Crippen LogP contribution in [0.5, 0.6) is 0 Å². The Morgan fingerprint density at radius 3 is 3.25 bits per heavy atom. The smallest absolute Gasteiger partial charge is 0.209 e. The summed E-state index contributed by atoms with van der Waals surface area (Å²) < 4.78 is 0. The molecule has 1 aromatic carbocycles. The van der Waals surface area contributed by atoms with Gasteiger partial charge in [-0.3, -0.25) is 0 Å². The molecule has 0 aliphatic carbocycles. The van der Waals surface area contributed by atoms with Gasteiger partial charge in [0, 0.05) is 17.9 Å². The highest BCUT2D eigenvalue weighted by atomic mass is 32.1. The SMILES string of the molecule is c1nnc(Nc2ccc3c(c2)CCCN3)s1. The van der Waals surface area contributed by atoms with Gasteiger partial charge in [0.25, 0.3) is 0 Å². The number of aryl methyl sites for hydroxylation is 1. The lowest BCUT2D eigenvalue weighted by Crippen LogP contribution is -2.11. The summed E-state index contributed by atoms with van der Waals surface area (Å²) in [6, 6.07) is 6.37. The van der Waals surface area contributed by atoms with Crippen LogP contribution in [0.4, 0.5) is 16.5 Å². The van der Waals surface area contributed by atoms with Gasteiger partial charge in [-0.15, -0.1) is 10.2 Å². The molecular weight excluding hydrogens is 220 g/mol. The van der Waals surface area contributed by atoms with Gasteiger partial charge in [0.15, 0.2) is 0 Å². The first-order valence-corrected chi connectivity index (χ1v) is 6.20. The Bertz CT molecular complexity index is 481. The van der Waals surface area contributed by atoms with Crippen LogP contribution < -0.4 is 10.6 Å².